The topological polar surface area (TPSA) is 116 Å². The van der Waals surface area contributed by atoms with Gasteiger partial charge in [0.25, 0.3) is 11.5 Å². The van der Waals surface area contributed by atoms with Crippen molar-refractivity contribution in [2.45, 2.75) is 37.8 Å². The van der Waals surface area contributed by atoms with Crippen LogP contribution in [0.1, 0.15) is 36.5 Å². The van der Waals surface area contributed by atoms with Crippen LogP contribution in [0.3, 0.4) is 0 Å². The Hall–Kier alpha value is -2.61. The van der Waals surface area contributed by atoms with Gasteiger partial charge in [-0.1, -0.05) is 50.1 Å². The molecule has 0 spiro atoms. The monoisotopic (exact) mass is 334 g/mol. The number of unbranched alkanes of at least 4 members (excludes halogenated alkanes) is 2. The fraction of sp³-hybridized carbons (Fsp3) is 0.438. The minimum atomic E-state index is -2.46. The molecule has 128 valence electrons. The maximum atomic E-state index is 12.9. The van der Waals surface area contributed by atoms with Crippen LogP contribution >= 0.6 is 0 Å². The standard InChI is InChI=1S/C16H18N2O6/c1-2-3-7-10-24-16(13(19)11-8-5-4-6-9-11)12(18(22)23)14(20)17-15(16)21/h4-6,8-9,12H,2-3,7,10H2,1H3,(H,17,20,21). The molecule has 8 heteroatoms. The van der Waals surface area contributed by atoms with Gasteiger partial charge in [0.05, 0.1) is 0 Å². The lowest BCUT2D eigenvalue weighted by Crippen LogP contribution is -2.58. The average Bonchev–Trinajstić information content (AvgIpc) is 2.82. The van der Waals surface area contributed by atoms with Gasteiger partial charge in [-0.2, -0.15) is 0 Å². The number of nitro groups is 1. The van der Waals surface area contributed by atoms with Crippen LogP contribution in [0.2, 0.25) is 0 Å². The highest BCUT2D eigenvalue weighted by Gasteiger charge is 2.69. The van der Waals surface area contributed by atoms with E-state index >= 15 is 0 Å². The molecule has 1 heterocycles. The van der Waals surface area contributed by atoms with Crippen molar-refractivity contribution in [2.75, 3.05) is 6.61 Å². The summed E-state index contributed by atoms with van der Waals surface area (Å²) in [5.41, 5.74) is -2.39. The quantitative estimate of drug-likeness (QED) is 0.190. The van der Waals surface area contributed by atoms with Crippen molar-refractivity contribution in [2.24, 2.45) is 0 Å². The van der Waals surface area contributed by atoms with Crippen LogP contribution in [-0.2, 0) is 14.3 Å². The molecule has 0 bridgehead atoms. The van der Waals surface area contributed by atoms with E-state index in [0.717, 1.165) is 12.8 Å². The molecule has 1 aliphatic rings. The fourth-order valence-corrected chi connectivity index (χ4v) is 2.65. The first-order valence-corrected chi connectivity index (χ1v) is 7.67. The third-order valence-corrected chi connectivity index (χ3v) is 3.87. The SMILES string of the molecule is CCCCCOC1(C(=O)c2ccccc2)C(=O)NC(=O)C1[N+](=O)[O-]. The van der Waals surface area contributed by atoms with E-state index in [0.29, 0.717) is 6.42 Å². The van der Waals surface area contributed by atoms with E-state index in [1.807, 2.05) is 12.2 Å². The molecule has 2 atom stereocenters. The number of benzene rings is 1. The Morgan fingerprint density at radius 2 is 1.96 bits per heavy atom. The Morgan fingerprint density at radius 1 is 1.29 bits per heavy atom. The summed E-state index contributed by atoms with van der Waals surface area (Å²) in [4.78, 5) is 47.5. The predicted octanol–water partition coefficient (Wildman–Crippen LogP) is 1.12. The number of nitrogens with zero attached hydrogens (tertiary/aromatic N) is 1. The van der Waals surface area contributed by atoms with E-state index in [1.165, 1.54) is 12.1 Å². The molecule has 24 heavy (non-hydrogen) atoms. The van der Waals surface area contributed by atoms with E-state index < -0.39 is 34.2 Å². The van der Waals surface area contributed by atoms with Gasteiger partial charge in [0.2, 0.25) is 5.78 Å². The molecular formula is C16H18N2O6. The summed E-state index contributed by atoms with van der Waals surface area (Å²) in [6.45, 7) is 1.92. The second kappa shape index (κ2) is 7.31. The van der Waals surface area contributed by atoms with Crippen molar-refractivity contribution < 1.29 is 24.0 Å². The van der Waals surface area contributed by atoms with E-state index in [9.17, 15) is 24.5 Å². The molecule has 1 fully saturated rings. The minimum absolute atomic E-state index is 0.0303. The van der Waals surface area contributed by atoms with Crippen molar-refractivity contribution in [3.05, 3.63) is 46.0 Å². The molecule has 8 nitrogen and oxygen atoms in total. The molecule has 1 saturated heterocycles. The summed E-state index contributed by atoms with van der Waals surface area (Å²) in [6, 6.07) is 5.54. The van der Waals surface area contributed by atoms with E-state index in [4.69, 9.17) is 4.74 Å². The van der Waals surface area contributed by atoms with E-state index in [2.05, 4.69) is 0 Å². The van der Waals surface area contributed by atoms with Gasteiger partial charge in [-0.05, 0) is 6.42 Å². The molecule has 0 radical (unpaired) electrons. The van der Waals surface area contributed by atoms with Crippen LogP contribution in [0.5, 0.6) is 0 Å². The number of hydrogen-bond donors (Lipinski definition) is 1. The predicted molar refractivity (Wildman–Crippen MR) is 82.9 cm³/mol. The molecule has 0 aliphatic carbocycles. The van der Waals surface area contributed by atoms with Gasteiger partial charge in [0.1, 0.15) is 0 Å². The summed E-state index contributed by atoms with van der Waals surface area (Å²) < 4.78 is 5.44. The minimum Gasteiger partial charge on any atom is -0.352 e. The normalized spacial score (nSPS) is 23.1. The molecular weight excluding hydrogens is 316 g/mol. The summed E-state index contributed by atoms with van der Waals surface area (Å²) in [5, 5.41) is 13.2. The lowest BCUT2D eigenvalue weighted by molar-refractivity contribution is -0.520. The second-order valence-electron chi connectivity index (χ2n) is 5.49. The number of rotatable bonds is 8. The number of imide groups is 1. The highest BCUT2D eigenvalue weighted by Crippen LogP contribution is 2.30. The van der Waals surface area contributed by atoms with Gasteiger partial charge in [0, 0.05) is 17.1 Å². The number of carbonyl (C=O) groups excluding carboxylic acids is 3. The van der Waals surface area contributed by atoms with Crippen LogP contribution in [0, 0.1) is 10.1 Å². The third-order valence-electron chi connectivity index (χ3n) is 3.87. The van der Waals surface area contributed by atoms with Crippen molar-refractivity contribution in [1.29, 1.82) is 0 Å². The lowest BCUT2D eigenvalue weighted by Gasteiger charge is -2.25. The van der Waals surface area contributed by atoms with E-state index in [-0.39, 0.29) is 12.2 Å². The van der Waals surface area contributed by atoms with Crippen LogP contribution in [0.4, 0.5) is 0 Å². The van der Waals surface area contributed by atoms with Crippen molar-refractivity contribution in [1.82, 2.24) is 5.32 Å². The Labute approximate surface area is 138 Å². The van der Waals surface area contributed by atoms with Crippen molar-refractivity contribution >= 4 is 17.6 Å². The molecule has 2 amide bonds. The van der Waals surface area contributed by atoms with Crippen molar-refractivity contribution in [3.63, 3.8) is 0 Å². The molecule has 1 aliphatic heterocycles. The van der Waals surface area contributed by atoms with Gasteiger partial charge in [0.15, 0.2) is 0 Å². The number of amides is 2. The first-order valence-electron chi connectivity index (χ1n) is 7.67. The zero-order chi connectivity index (χ0) is 17.7. The van der Waals surface area contributed by atoms with Crippen LogP contribution in [-0.4, -0.2) is 40.8 Å². The highest BCUT2D eigenvalue weighted by atomic mass is 16.6. The molecule has 2 unspecified atom stereocenters. The molecule has 0 aromatic heterocycles. The number of ether oxygens (including phenoxy) is 1. The maximum absolute atomic E-state index is 12.9. The number of carbonyl (C=O) groups is 3. The van der Waals surface area contributed by atoms with Gasteiger partial charge < -0.3 is 4.74 Å². The van der Waals surface area contributed by atoms with Gasteiger partial charge in [-0.15, -0.1) is 0 Å². The Kier molecular flexibility index (Phi) is 5.40. The smallest absolute Gasteiger partial charge is 0.335 e. The number of ketones is 1. The summed E-state index contributed by atoms with van der Waals surface area (Å²) in [6.07, 6.45) is 2.16. The second-order valence-corrected chi connectivity index (χ2v) is 5.49. The van der Waals surface area contributed by atoms with Crippen molar-refractivity contribution in [3.8, 4) is 0 Å². The first kappa shape index (κ1) is 17.7. The average molecular weight is 334 g/mol. The summed E-state index contributed by atoms with van der Waals surface area (Å²) in [5.74, 6) is -3.10. The third kappa shape index (κ3) is 3.05. The molecule has 0 saturated carbocycles. The van der Waals surface area contributed by atoms with Crippen LogP contribution in [0.15, 0.2) is 30.3 Å². The van der Waals surface area contributed by atoms with Crippen LogP contribution < -0.4 is 5.32 Å². The Balaban J connectivity index is 2.44. The van der Waals surface area contributed by atoms with E-state index in [1.54, 1.807) is 18.2 Å². The molecule has 1 N–H and O–H groups in total. The summed E-state index contributed by atoms with van der Waals surface area (Å²) >= 11 is 0. The molecule has 1 aromatic rings. The fourth-order valence-electron chi connectivity index (χ4n) is 2.65. The Bertz CT molecular complexity index is 660. The molecule has 1 aromatic carbocycles. The first-order chi connectivity index (χ1) is 11.4. The number of Topliss-reactive ketones (excluding diaryl/α,β-unsaturated/α-hetero) is 1. The lowest BCUT2D eigenvalue weighted by atomic mass is 9.87. The Morgan fingerprint density at radius 3 is 2.54 bits per heavy atom. The maximum Gasteiger partial charge on any atom is 0.335 e. The highest BCUT2D eigenvalue weighted by molar-refractivity contribution is 6.26. The number of nitrogens with one attached hydrogen (secondary N) is 1. The number of hydrogen-bond acceptors (Lipinski definition) is 6. The van der Waals surface area contributed by atoms with Gasteiger partial charge >= 0.3 is 11.9 Å². The molecule has 2 rings (SSSR count). The zero-order valence-corrected chi connectivity index (χ0v) is 13.2. The van der Waals surface area contributed by atoms with Crippen LogP contribution in [0.25, 0.3) is 0 Å². The largest absolute Gasteiger partial charge is 0.352 e. The zero-order valence-electron chi connectivity index (χ0n) is 13.2. The summed E-state index contributed by atoms with van der Waals surface area (Å²) in [7, 11) is 0. The van der Waals surface area contributed by atoms with Gasteiger partial charge in [-0.3, -0.25) is 29.8 Å². The van der Waals surface area contributed by atoms with Gasteiger partial charge in [-0.25, -0.2) is 0 Å².